The zero-order valence-corrected chi connectivity index (χ0v) is 14.7. The molecular weight excluding hydrogens is 312 g/mol. The van der Waals surface area contributed by atoms with Crippen molar-refractivity contribution in [3.63, 3.8) is 0 Å². The fourth-order valence-corrected chi connectivity index (χ4v) is 3.95. The lowest BCUT2D eigenvalue weighted by atomic mass is 9.98. The number of carbonyl (C=O) groups is 1. The van der Waals surface area contributed by atoms with Crippen molar-refractivity contribution in [3.05, 3.63) is 59.7 Å². The summed E-state index contributed by atoms with van der Waals surface area (Å²) in [5, 5.41) is 3.39. The number of piperazine rings is 1. The van der Waals surface area contributed by atoms with Crippen LogP contribution >= 0.6 is 0 Å². The number of rotatable bonds is 2. The van der Waals surface area contributed by atoms with Gasteiger partial charge in [-0.2, -0.15) is 0 Å². The fourth-order valence-electron chi connectivity index (χ4n) is 3.95. The number of hydrogen-bond donors (Lipinski definition) is 1. The van der Waals surface area contributed by atoms with E-state index in [1.165, 1.54) is 22.3 Å². The van der Waals surface area contributed by atoms with Crippen LogP contribution in [0.15, 0.2) is 48.5 Å². The molecule has 0 aromatic heterocycles. The van der Waals surface area contributed by atoms with Crippen LogP contribution in [-0.4, -0.2) is 42.8 Å². The number of nitrogens with one attached hydrogen (secondary N) is 1. The lowest BCUT2D eigenvalue weighted by Gasteiger charge is -2.36. The smallest absolute Gasteiger partial charge is 0.410 e. The molecule has 4 heteroatoms. The first-order chi connectivity index (χ1) is 12.1. The topological polar surface area (TPSA) is 41.6 Å². The highest BCUT2D eigenvalue weighted by Crippen LogP contribution is 2.44. The Morgan fingerprint density at radius 1 is 1.08 bits per heavy atom. The molecule has 4 rings (SSSR count). The maximum atomic E-state index is 12.6. The molecule has 1 saturated heterocycles. The highest BCUT2D eigenvalue weighted by molar-refractivity contribution is 5.79. The van der Waals surface area contributed by atoms with Crippen LogP contribution in [0.25, 0.3) is 11.1 Å². The van der Waals surface area contributed by atoms with Gasteiger partial charge in [0.15, 0.2) is 0 Å². The van der Waals surface area contributed by atoms with Crippen LogP contribution in [0, 0.1) is 0 Å². The monoisotopic (exact) mass is 336 g/mol. The minimum atomic E-state index is -0.206. The summed E-state index contributed by atoms with van der Waals surface area (Å²) in [6.45, 7) is 6.04. The van der Waals surface area contributed by atoms with Crippen LogP contribution in [0.3, 0.4) is 0 Å². The average molecular weight is 336 g/mol. The van der Waals surface area contributed by atoms with Gasteiger partial charge in [-0.1, -0.05) is 48.5 Å². The van der Waals surface area contributed by atoms with Crippen molar-refractivity contribution in [2.75, 3.05) is 19.7 Å². The van der Waals surface area contributed by atoms with Gasteiger partial charge in [0.25, 0.3) is 0 Å². The molecule has 4 nitrogen and oxygen atoms in total. The number of nitrogens with zero attached hydrogens (tertiary/aromatic N) is 1. The van der Waals surface area contributed by atoms with Crippen molar-refractivity contribution in [1.29, 1.82) is 0 Å². The second-order valence-corrected chi connectivity index (χ2v) is 7.11. The van der Waals surface area contributed by atoms with Gasteiger partial charge in [0.2, 0.25) is 0 Å². The van der Waals surface area contributed by atoms with E-state index in [4.69, 9.17) is 4.74 Å². The zero-order chi connectivity index (χ0) is 17.4. The van der Waals surface area contributed by atoms with E-state index in [1.807, 2.05) is 4.90 Å². The van der Waals surface area contributed by atoms with Crippen molar-refractivity contribution in [2.24, 2.45) is 0 Å². The first-order valence-electron chi connectivity index (χ1n) is 9.00. The Morgan fingerprint density at radius 3 is 2.32 bits per heavy atom. The molecule has 0 spiro atoms. The van der Waals surface area contributed by atoms with Crippen LogP contribution in [0.2, 0.25) is 0 Å². The third-order valence-electron chi connectivity index (χ3n) is 5.33. The maximum absolute atomic E-state index is 12.6. The number of amides is 1. The molecule has 1 aliphatic heterocycles. The Labute approximate surface area is 148 Å². The number of ether oxygens (including phenoxy) is 1. The molecule has 1 N–H and O–H groups in total. The molecule has 0 radical (unpaired) electrons. The summed E-state index contributed by atoms with van der Waals surface area (Å²) >= 11 is 0. The molecule has 0 bridgehead atoms. The molecular formula is C21H24N2O2. The largest absolute Gasteiger partial charge is 0.448 e. The second kappa shape index (κ2) is 6.52. The van der Waals surface area contributed by atoms with Crippen LogP contribution < -0.4 is 5.32 Å². The van der Waals surface area contributed by atoms with E-state index in [9.17, 15) is 4.79 Å². The highest BCUT2D eigenvalue weighted by Gasteiger charge is 2.31. The molecule has 1 aliphatic carbocycles. The SMILES string of the molecule is C[C@@H]1CN(C(=O)OCC2c3ccccc3-c3ccccc32)[C@H](C)CN1. The van der Waals surface area contributed by atoms with Crippen molar-refractivity contribution < 1.29 is 9.53 Å². The van der Waals surface area contributed by atoms with Gasteiger partial charge in [0, 0.05) is 31.1 Å². The molecule has 2 aliphatic rings. The zero-order valence-electron chi connectivity index (χ0n) is 14.7. The third-order valence-corrected chi connectivity index (χ3v) is 5.33. The Hall–Kier alpha value is -2.33. The Balaban J connectivity index is 1.52. The van der Waals surface area contributed by atoms with Crippen LogP contribution in [0.4, 0.5) is 4.79 Å². The summed E-state index contributed by atoms with van der Waals surface area (Å²) in [6, 6.07) is 17.3. The first-order valence-corrected chi connectivity index (χ1v) is 9.00. The highest BCUT2D eigenvalue weighted by atomic mass is 16.6. The van der Waals surface area contributed by atoms with Gasteiger partial charge < -0.3 is 15.0 Å². The molecule has 2 atom stereocenters. The number of hydrogen-bond acceptors (Lipinski definition) is 3. The Morgan fingerprint density at radius 2 is 1.68 bits per heavy atom. The van der Waals surface area contributed by atoms with E-state index in [0.717, 1.165) is 6.54 Å². The van der Waals surface area contributed by atoms with Gasteiger partial charge >= 0.3 is 6.09 Å². The van der Waals surface area contributed by atoms with Gasteiger partial charge in [-0.25, -0.2) is 4.79 Å². The van der Waals surface area contributed by atoms with Crippen molar-refractivity contribution >= 4 is 6.09 Å². The van der Waals surface area contributed by atoms with Gasteiger partial charge in [-0.3, -0.25) is 0 Å². The van der Waals surface area contributed by atoms with E-state index in [2.05, 4.69) is 67.7 Å². The third kappa shape index (κ3) is 2.91. The molecule has 1 heterocycles. The van der Waals surface area contributed by atoms with Crippen molar-refractivity contribution in [2.45, 2.75) is 31.8 Å². The van der Waals surface area contributed by atoms with E-state index < -0.39 is 0 Å². The number of fused-ring (bicyclic) bond motifs is 3. The van der Waals surface area contributed by atoms with Crippen LogP contribution in [0.5, 0.6) is 0 Å². The summed E-state index contributed by atoms with van der Waals surface area (Å²) in [5.41, 5.74) is 5.00. The van der Waals surface area contributed by atoms with Gasteiger partial charge in [-0.05, 0) is 36.1 Å². The molecule has 2 aromatic carbocycles. The summed E-state index contributed by atoms with van der Waals surface area (Å²) in [4.78, 5) is 14.5. The van der Waals surface area contributed by atoms with E-state index in [-0.39, 0.29) is 18.1 Å². The Bertz CT molecular complexity index is 743. The van der Waals surface area contributed by atoms with Gasteiger partial charge in [0.1, 0.15) is 6.61 Å². The molecule has 130 valence electrons. The van der Waals surface area contributed by atoms with Gasteiger partial charge in [0.05, 0.1) is 0 Å². The molecule has 1 amide bonds. The second-order valence-electron chi connectivity index (χ2n) is 7.11. The number of benzene rings is 2. The molecule has 2 aromatic rings. The predicted molar refractivity (Wildman–Crippen MR) is 98.7 cm³/mol. The Kier molecular flexibility index (Phi) is 4.22. The molecule has 0 saturated carbocycles. The summed E-state index contributed by atoms with van der Waals surface area (Å²) in [5.74, 6) is 0.118. The fraction of sp³-hybridized carbons (Fsp3) is 0.381. The van der Waals surface area contributed by atoms with Crippen LogP contribution in [0.1, 0.15) is 30.9 Å². The van der Waals surface area contributed by atoms with Crippen molar-refractivity contribution in [1.82, 2.24) is 10.2 Å². The quantitative estimate of drug-likeness (QED) is 0.911. The normalized spacial score (nSPS) is 22.4. The maximum Gasteiger partial charge on any atom is 0.410 e. The van der Waals surface area contributed by atoms with E-state index in [1.54, 1.807) is 0 Å². The lowest BCUT2D eigenvalue weighted by Crippen LogP contribution is -2.56. The van der Waals surface area contributed by atoms with Crippen LogP contribution in [-0.2, 0) is 4.74 Å². The number of carbonyl (C=O) groups excluding carboxylic acids is 1. The predicted octanol–water partition coefficient (Wildman–Crippen LogP) is 3.62. The first kappa shape index (κ1) is 16.2. The summed E-state index contributed by atoms with van der Waals surface area (Å²) in [7, 11) is 0. The summed E-state index contributed by atoms with van der Waals surface area (Å²) in [6.07, 6.45) is -0.206. The average Bonchev–Trinajstić information content (AvgIpc) is 2.96. The summed E-state index contributed by atoms with van der Waals surface area (Å²) < 4.78 is 5.76. The molecule has 0 unspecified atom stereocenters. The minimum Gasteiger partial charge on any atom is -0.448 e. The van der Waals surface area contributed by atoms with Gasteiger partial charge in [-0.15, -0.1) is 0 Å². The van der Waals surface area contributed by atoms with E-state index >= 15 is 0 Å². The lowest BCUT2D eigenvalue weighted by molar-refractivity contribution is 0.0717. The molecule has 25 heavy (non-hydrogen) atoms. The molecule has 1 fully saturated rings. The minimum absolute atomic E-state index is 0.118. The standard InChI is InChI=1S/C21H24N2O2/c1-14-12-23(15(2)11-22-14)21(24)25-13-20-18-9-5-3-7-16(18)17-8-4-6-10-19(17)20/h3-10,14-15,20,22H,11-13H2,1-2H3/t14-,15-/m1/s1. The van der Waals surface area contributed by atoms with Crippen molar-refractivity contribution in [3.8, 4) is 11.1 Å². The van der Waals surface area contributed by atoms with E-state index in [0.29, 0.717) is 19.2 Å².